The van der Waals surface area contributed by atoms with Gasteiger partial charge in [-0.15, -0.1) is 11.3 Å². The van der Waals surface area contributed by atoms with Gasteiger partial charge in [-0.05, 0) is 30.5 Å². The Morgan fingerprint density at radius 2 is 2.00 bits per heavy atom. The maximum atomic E-state index is 14.2. The lowest BCUT2D eigenvalue weighted by Gasteiger charge is -2.20. The molecule has 0 amide bonds. The number of oxazole rings is 1. The second-order valence-corrected chi connectivity index (χ2v) is 10.00. The minimum Gasteiger partial charge on any atom is -0.423 e. The van der Waals surface area contributed by atoms with E-state index in [1.165, 1.54) is 23.6 Å². The number of allylic oxidation sites excluding steroid dienone is 1. The summed E-state index contributed by atoms with van der Waals surface area (Å²) in [6, 6.07) is 12.6. The number of rotatable bonds is 9. The van der Waals surface area contributed by atoms with Gasteiger partial charge in [0, 0.05) is 23.1 Å². The van der Waals surface area contributed by atoms with Crippen molar-refractivity contribution in [3.63, 3.8) is 0 Å². The van der Waals surface area contributed by atoms with Crippen molar-refractivity contribution in [3.05, 3.63) is 101 Å². The lowest BCUT2D eigenvalue weighted by molar-refractivity contribution is 0.553. The van der Waals surface area contributed by atoms with Gasteiger partial charge in [-0.3, -0.25) is 0 Å². The molecule has 0 bridgehead atoms. The van der Waals surface area contributed by atoms with Crippen molar-refractivity contribution < 1.29 is 21.6 Å². The number of thiazole rings is 1. The molecular weight excluding hydrogens is 518 g/mol. The van der Waals surface area contributed by atoms with Crippen LogP contribution in [0.1, 0.15) is 24.6 Å². The SMILES string of the molecule is O=[SH](=O)NC1C=CC(C[C@H](Nc2ncc(-c3ccc(F)cc3F)o2)c2csc(-c3ccccc3)n2)=CC1. The Morgan fingerprint density at radius 3 is 2.73 bits per heavy atom. The highest BCUT2D eigenvalue weighted by Crippen LogP contribution is 2.33. The molecular formula is C26H22F2N4O3S2. The van der Waals surface area contributed by atoms with Gasteiger partial charge in [0.25, 0.3) is 6.01 Å². The van der Waals surface area contributed by atoms with Crippen molar-refractivity contribution in [2.45, 2.75) is 24.9 Å². The molecule has 0 spiro atoms. The fourth-order valence-corrected chi connectivity index (χ4v) is 5.32. The fraction of sp³-hybridized carbons (Fsp3) is 0.154. The maximum Gasteiger partial charge on any atom is 0.295 e. The molecule has 2 N–H and O–H groups in total. The van der Waals surface area contributed by atoms with Crippen LogP contribution < -0.4 is 10.0 Å². The summed E-state index contributed by atoms with van der Waals surface area (Å²) in [5.74, 6) is -1.25. The van der Waals surface area contributed by atoms with Gasteiger partial charge < -0.3 is 9.73 Å². The first-order chi connectivity index (χ1) is 17.9. The van der Waals surface area contributed by atoms with Crippen LogP contribution in [-0.4, -0.2) is 24.4 Å². The molecule has 11 heteroatoms. The van der Waals surface area contributed by atoms with E-state index < -0.39 is 22.5 Å². The lowest BCUT2D eigenvalue weighted by atomic mass is 9.97. The van der Waals surface area contributed by atoms with E-state index in [0.29, 0.717) is 12.8 Å². The van der Waals surface area contributed by atoms with E-state index in [4.69, 9.17) is 9.40 Å². The number of nitrogens with zero attached hydrogens (tertiary/aromatic N) is 2. The molecule has 7 nitrogen and oxygen atoms in total. The van der Waals surface area contributed by atoms with Crippen LogP contribution in [0, 0.1) is 11.6 Å². The summed E-state index contributed by atoms with van der Waals surface area (Å²) >= 11 is 1.51. The van der Waals surface area contributed by atoms with E-state index in [-0.39, 0.29) is 29.4 Å². The van der Waals surface area contributed by atoms with Crippen LogP contribution >= 0.6 is 11.3 Å². The molecule has 4 aromatic rings. The van der Waals surface area contributed by atoms with E-state index in [1.807, 2.05) is 53.9 Å². The van der Waals surface area contributed by atoms with Crippen LogP contribution in [0.4, 0.5) is 14.8 Å². The number of halogens is 2. The third kappa shape index (κ3) is 6.19. The van der Waals surface area contributed by atoms with E-state index in [2.05, 4.69) is 15.0 Å². The predicted octanol–water partition coefficient (Wildman–Crippen LogP) is 5.66. The average Bonchev–Trinajstić information content (AvgIpc) is 3.55. The minimum absolute atomic E-state index is 0.103. The first-order valence-electron chi connectivity index (χ1n) is 11.4. The predicted molar refractivity (Wildman–Crippen MR) is 139 cm³/mol. The Balaban J connectivity index is 1.39. The molecule has 190 valence electrons. The zero-order chi connectivity index (χ0) is 25.8. The van der Waals surface area contributed by atoms with Gasteiger partial charge in [-0.2, -0.15) is 0 Å². The Hall–Kier alpha value is -3.67. The van der Waals surface area contributed by atoms with E-state index in [9.17, 15) is 17.2 Å². The summed E-state index contributed by atoms with van der Waals surface area (Å²) in [5, 5.41) is 6.08. The van der Waals surface area contributed by atoms with Crippen molar-refractivity contribution in [2.75, 3.05) is 5.32 Å². The third-order valence-corrected chi connectivity index (χ3v) is 7.24. The van der Waals surface area contributed by atoms with Gasteiger partial charge in [0.05, 0.1) is 23.5 Å². The zero-order valence-electron chi connectivity index (χ0n) is 19.3. The number of nitrogens with one attached hydrogen (secondary N) is 2. The Bertz CT molecular complexity index is 1520. The maximum absolute atomic E-state index is 14.2. The first-order valence-corrected chi connectivity index (χ1v) is 13.5. The second kappa shape index (κ2) is 11.2. The van der Waals surface area contributed by atoms with Crippen molar-refractivity contribution in [1.29, 1.82) is 0 Å². The molecule has 5 rings (SSSR count). The van der Waals surface area contributed by atoms with E-state index in [0.717, 1.165) is 34.0 Å². The van der Waals surface area contributed by atoms with E-state index in [1.54, 1.807) is 0 Å². The van der Waals surface area contributed by atoms with Crippen LogP contribution in [-0.2, 0) is 10.9 Å². The number of anilines is 1. The Labute approximate surface area is 217 Å². The van der Waals surface area contributed by atoms with Crippen LogP contribution in [0.15, 0.2) is 88.3 Å². The van der Waals surface area contributed by atoms with Crippen molar-refractivity contribution in [1.82, 2.24) is 14.7 Å². The molecule has 1 aliphatic rings. The molecule has 2 aromatic carbocycles. The second-order valence-electron chi connectivity index (χ2n) is 8.36. The molecule has 0 radical (unpaired) electrons. The minimum atomic E-state index is -2.68. The number of hydrogen-bond donors (Lipinski definition) is 3. The largest absolute Gasteiger partial charge is 0.423 e. The van der Waals surface area contributed by atoms with Gasteiger partial charge in [0.2, 0.25) is 10.9 Å². The highest BCUT2D eigenvalue weighted by molar-refractivity contribution is 7.70. The van der Waals surface area contributed by atoms with Crippen LogP contribution in [0.25, 0.3) is 21.9 Å². The van der Waals surface area contributed by atoms with Gasteiger partial charge in [-0.25, -0.2) is 31.9 Å². The standard InChI is InChI=1S/C26H22F2N4O3S2/c27-18-8-11-20(21(28)13-18)24-14-29-26(35-24)31-22(12-16-6-9-19(10-7-16)32-37(33)34)23-15-36-25(30-23)17-4-2-1-3-5-17/h1-9,11,13-15,19,22,37H,10,12H2,(H,29,31)(H,32,33,34)/t19?,22-/m0/s1. The smallest absolute Gasteiger partial charge is 0.295 e. The average molecular weight is 541 g/mol. The van der Waals surface area contributed by atoms with Crippen LogP contribution in [0.2, 0.25) is 0 Å². The number of aromatic nitrogens is 2. The Morgan fingerprint density at radius 1 is 1.16 bits per heavy atom. The highest BCUT2D eigenvalue weighted by atomic mass is 32.2. The summed E-state index contributed by atoms with van der Waals surface area (Å²) in [5.41, 5.74) is 2.86. The topological polar surface area (TPSA) is 97.1 Å². The molecule has 0 saturated heterocycles. The van der Waals surface area contributed by atoms with Gasteiger partial charge in [0.1, 0.15) is 16.6 Å². The normalized spacial score (nSPS) is 16.1. The summed E-state index contributed by atoms with van der Waals surface area (Å²) < 4.78 is 57.7. The molecule has 2 atom stereocenters. The quantitative estimate of drug-likeness (QED) is 0.237. The molecule has 37 heavy (non-hydrogen) atoms. The lowest BCUT2D eigenvalue weighted by Crippen LogP contribution is -2.26. The molecule has 1 unspecified atom stereocenters. The van der Waals surface area contributed by atoms with Crippen molar-refractivity contribution in [3.8, 4) is 21.9 Å². The van der Waals surface area contributed by atoms with Crippen LogP contribution in [0.3, 0.4) is 0 Å². The molecule has 2 heterocycles. The van der Waals surface area contributed by atoms with Gasteiger partial charge in [0.15, 0.2) is 5.76 Å². The van der Waals surface area contributed by atoms with Crippen molar-refractivity contribution in [2.24, 2.45) is 0 Å². The third-order valence-electron chi connectivity index (χ3n) is 5.79. The number of hydrogen-bond acceptors (Lipinski definition) is 7. The Kier molecular flexibility index (Phi) is 7.54. The summed E-state index contributed by atoms with van der Waals surface area (Å²) in [6.45, 7) is 0. The van der Waals surface area contributed by atoms with Gasteiger partial charge in [-0.1, -0.05) is 48.6 Å². The monoisotopic (exact) mass is 540 g/mol. The first kappa shape index (κ1) is 25.0. The summed E-state index contributed by atoms with van der Waals surface area (Å²) in [4.78, 5) is 9.07. The number of thiol groups is 1. The molecule has 2 aromatic heterocycles. The molecule has 0 aliphatic heterocycles. The number of benzene rings is 2. The zero-order valence-corrected chi connectivity index (χ0v) is 21.0. The summed E-state index contributed by atoms with van der Waals surface area (Å²) in [6.07, 6.45) is 8.11. The molecule has 0 saturated carbocycles. The summed E-state index contributed by atoms with van der Waals surface area (Å²) in [7, 11) is -2.68. The highest BCUT2D eigenvalue weighted by Gasteiger charge is 2.21. The van der Waals surface area contributed by atoms with Crippen molar-refractivity contribution >= 4 is 28.2 Å². The fourth-order valence-electron chi connectivity index (χ4n) is 3.98. The molecule has 1 aliphatic carbocycles. The van der Waals surface area contributed by atoms with Gasteiger partial charge >= 0.3 is 0 Å². The van der Waals surface area contributed by atoms with E-state index >= 15 is 0 Å². The molecule has 0 fully saturated rings. The van der Waals surface area contributed by atoms with Crippen LogP contribution in [0.5, 0.6) is 0 Å².